The second-order valence-electron chi connectivity index (χ2n) is 9.98. The predicted molar refractivity (Wildman–Crippen MR) is 154 cm³/mol. The number of amides is 1. The van der Waals surface area contributed by atoms with Gasteiger partial charge in [-0.25, -0.2) is 16.8 Å². The van der Waals surface area contributed by atoms with E-state index in [0.717, 1.165) is 46.7 Å². The number of rotatable bonds is 8. The Kier molecular flexibility index (Phi) is 8.78. The Morgan fingerprint density at radius 3 is 1.95 bits per heavy atom. The molecule has 1 fully saturated rings. The second kappa shape index (κ2) is 11.9. The standard InChI is InChI=1S/C29H35N3O5S2/c1-22-8-14-28(15-9-22)39(36,37)32(26-13-10-23(2)24(3)20-26)21-29(33)30-25-11-16-27(17-12-25)38(34,35)31-18-6-4-5-7-19-31/h8-17,20H,4-7,18-19,21H2,1-3H3,(H,30,33). The summed E-state index contributed by atoms with van der Waals surface area (Å²) in [5.41, 5.74) is 3.59. The van der Waals surface area contributed by atoms with Crippen LogP contribution in [0.3, 0.4) is 0 Å². The van der Waals surface area contributed by atoms with Crippen LogP contribution in [0.25, 0.3) is 0 Å². The van der Waals surface area contributed by atoms with Crippen molar-refractivity contribution in [2.75, 3.05) is 29.3 Å². The number of benzene rings is 3. The van der Waals surface area contributed by atoms with Crippen molar-refractivity contribution in [2.24, 2.45) is 0 Å². The highest BCUT2D eigenvalue weighted by Gasteiger charge is 2.28. The molecular weight excluding hydrogens is 534 g/mol. The minimum absolute atomic E-state index is 0.0854. The molecule has 0 aliphatic carbocycles. The Hall–Kier alpha value is -3.21. The lowest BCUT2D eigenvalue weighted by molar-refractivity contribution is -0.114. The van der Waals surface area contributed by atoms with Crippen molar-refractivity contribution in [1.29, 1.82) is 0 Å². The number of nitrogens with zero attached hydrogens (tertiary/aromatic N) is 2. The second-order valence-corrected chi connectivity index (χ2v) is 13.8. The molecule has 1 amide bonds. The number of carbonyl (C=O) groups is 1. The largest absolute Gasteiger partial charge is 0.325 e. The van der Waals surface area contributed by atoms with E-state index in [0.29, 0.717) is 24.5 Å². The van der Waals surface area contributed by atoms with Crippen molar-refractivity contribution < 1.29 is 21.6 Å². The summed E-state index contributed by atoms with van der Waals surface area (Å²) in [6, 6.07) is 17.7. The Bertz CT molecular complexity index is 1530. The van der Waals surface area contributed by atoms with E-state index in [1.165, 1.54) is 40.7 Å². The maximum absolute atomic E-state index is 13.6. The molecule has 3 aromatic rings. The smallest absolute Gasteiger partial charge is 0.264 e. The molecule has 1 aliphatic rings. The molecular formula is C29H35N3O5S2. The molecule has 0 aromatic heterocycles. The zero-order valence-electron chi connectivity index (χ0n) is 22.6. The van der Waals surface area contributed by atoms with Crippen molar-refractivity contribution >= 4 is 37.3 Å². The van der Waals surface area contributed by atoms with Gasteiger partial charge in [0.2, 0.25) is 15.9 Å². The molecule has 1 aliphatic heterocycles. The van der Waals surface area contributed by atoms with Gasteiger partial charge in [-0.15, -0.1) is 0 Å². The molecule has 1 N–H and O–H groups in total. The van der Waals surface area contributed by atoms with Gasteiger partial charge in [-0.1, -0.05) is 36.6 Å². The first-order chi connectivity index (χ1) is 18.5. The SMILES string of the molecule is Cc1ccc(S(=O)(=O)N(CC(=O)Nc2ccc(S(=O)(=O)N3CCCCCC3)cc2)c2ccc(C)c(C)c2)cc1. The Balaban J connectivity index is 1.55. The highest BCUT2D eigenvalue weighted by molar-refractivity contribution is 7.92. The van der Waals surface area contributed by atoms with Crippen molar-refractivity contribution in [2.45, 2.75) is 56.2 Å². The van der Waals surface area contributed by atoms with Gasteiger partial charge < -0.3 is 5.32 Å². The van der Waals surface area contributed by atoms with Crippen molar-refractivity contribution in [1.82, 2.24) is 4.31 Å². The molecule has 0 unspecified atom stereocenters. The minimum Gasteiger partial charge on any atom is -0.325 e. The van der Waals surface area contributed by atoms with Crippen LogP contribution in [0.15, 0.2) is 76.5 Å². The summed E-state index contributed by atoms with van der Waals surface area (Å²) in [6.45, 7) is 6.25. The summed E-state index contributed by atoms with van der Waals surface area (Å²) >= 11 is 0. The van der Waals surface area contributed by atoms with Crippen LogP contribution in [-0.4, -0.2) is 46.7 Å². The molecule has 208 valence electrons. The van der Waals surface area contributed by atoms with Gasteiger partial charge in [0.05, 0.1) is 15.5 Å². The van der Waals surface area contributed by atoms with Gasteiger partial charge in [0.1, 0.15) is 6.54 Å². The average Bonchev–Trinajstić information content (AvgIpc) is 3.20. The number of anilines is 2. The van der Waals surface area contributed by atoms with Crippen LogP contribution in [0, 0.1) is 20.8 Å². The van der Waals surface area contributed by atoms with E-state index < -0.39 is 32.5 Å². The van der Waals surface area contributed by atoms with E-state index >= 15 is 0 Å². The van der Waals surface area contributed by atoms with Crippen LogP contribution in [0.4, 0.5) is 11.4 Å². The van der Waals surface area contributed by atoms with E-state index in [4.69, 9.17) is 0 Å². The lowest BCUT2D eigenvalue weighted by Gasteiger charge is -2.25. The molecule has 10 heteroatoms. The summed E-state index contributed by atoms with van der Waals surface area (Å²) in [5.74, 6) is -0.549. The summed E-state index contributed by atoms with van der Waals surface area (Å²) in [5, 5.41) is 2.72. The number of hydrogen-bond acceptors (Lipinski definition) is 5. The summed E-state index contributed by atoms with van der Waals surface area (Å²) in [7, 11) is -7.65. The van der Waals surface area contributed by atoms with Gasteiger partial charge in [0.15, 0.2) is 0 Å². The van der Waals surface area contributed by atoms with Crippen LogP contribution >= 0.6 is 0 Å². The number of carbonyl (C=O) groups excluding carboxylic acids is 1. The fraction of sp³-hybridized carbons (Fsp3) is 0.345. The molecule has 0 bridgehead atoms. The fourth-order valence-corrected chi connectivity index (χ4v) is 7.44. The lowest BCUT2D eigenvalue weighted by Crippen LogP contribution is -2.38. The first-order valence-electron chi connectivity index (χ1n) is 13.1. The van der Waals surface area contributed by atoms with Gasteiger partial charge in [0, 0.05) is 18.8 Å². The molecule has 8 nitrogen and oxygen atoms in total. The lowest BCUT2D eigenvalue weighted by atomic mass is 10.1. The molecule has 1 saturated heterocycles. The first-order valence-corrected chi connectivity index (χ1v) is 15.9. The Morgan fingerprint density at radius 2 is 1.36 bits per heavy atom. The fourth-order valence-electron chi connectivity index (χ4n) is 4.51. The Labute approximate surface area is 231 Å². The molecule has 4 rings (SSSR count). The number of hydrogen-bond donors (Lipinski definition) is 1. The van der Waals surface area contributed by atoms with E-state index in [-0.39, 0.29) is 9.79 Å². The quantitative estimate of drug-likeness (QED) is 0.411. The van der Waals surface area contributed by atoms with Crippen LogP contribution in [0.1, 0.15) is 42.4 Å². The van der Waals surface area contributed by atoms with E-state index in [1.807, 2.05) is 26.8 Å². The third-order valence-electron chi connectivity index (χ3n) is 7.02. The molecule has 39 heavy (non-hydrogen) atoms. The highest BCUT2D eigenvalue weighted by Crippen LogP contribution is 2.27. The van der Waals surface area contributed by atoms with E-state index in [2.05, 4.69) is 5.32 Å². The van der Waals surface area contributed by atoms with Gasteiger partial charge in [-0.3, -0.25) is 9.10 Å². The Morgan fingerprint density at radius 1 is 0.769 bits per heavy atom. The number of sulfonamides is 2. The van der Waals surface area contributed by atoms with Gasteiger partial charge in [0.25, 0.3) is 10.0 Å². The van der Waals surface area contributed by atoms with Gasteiger partial charge >= 0.3 is 0 Å². The summed E-state index contributed by atoms with van der Waals surface area (Å²) in [4.78, 5) is 13.4. The third-order valence-corrected chi connectivity index (χ3v) is 10.7. The molecule has 0 spiro atoms. The molecule has 3 aromatic carbocycles. The van der Waals surface area contributed by atoms with Crippen molar-refractivity contribution in [3.05, 3.63) is 83.4 Å². The number of nitrogens with one attached hydrogen (secondary N) is 1. The summed E-state index contributed by atoms with van der Waals surface area (Å²) < 4.78 is 56.0. The van der Waals surface area contributed by atoms with Gasteiger partial charge in [-0.05, 0) is 93.3 Å². The average molecular weight is 570 g/mol. The predicted octanol–water partition coefficient (Wildman–Crippen LogP) is 5.01. The van der Waals surface area contributed by atoms with Crippen LogP contribution in [-0.2, 0) is 24.8 Å². The van der Waals surface area contributed by atoms with Crippen LogP contribution in [0.5, 0.6) is 0 Å². The normalized spacial score (nSPS) is 14.9. The van der Waals surface area contributed by atoms with Crippen LogP contribution in [0.2, 0.25) is 0 Å². The molecule has 0 saturated carbocycles. The molecule has 1 heterocycles. The summed E-state index contributed by atoms with van der Waals surface area (Å²) in [6.07, 6.45) is 3.73. The topological polar surface area (TPSA) is 104 Å². The third kappa shape index (κ3) is 6.69. The monoisotopic (exact) mass is 569 g/mol. The van der Waals surface area contributed by atoms with E-state index in [9.17, 15) is 21.6 Å². The maximum Gasteiger partial charge on any atom is 0.264 e. The van der Waals surface area contributed by atoms with Crippen molar-refractivity contribution in [3.63, 3.8) is 0 Å². The first kappa shape index (κ1) is 28.8. The minimum atomic E-state index is -4.04. The van der Waals surface area contributed by atoms with Crippen molar-refractivity contribution in [3.8, 4) is 0 Å². The zero-order valence-corrected chi connectivity index (χ0v) is 24.2. The number of aryl methyl sites for hydroxylation is 3. The molecule has 0 radical (unpaired) electrons. The maximum atomic E-state index is 13.6. The molecule has 0 atom stereocenters. The van der Waals surface area contributed by atoms with Gasteiger partial charge in [-0.2, -0.15) is 4.31 Å². The van der Waals surface area contributed by atoms with Crippen LogP contribution < -0.4 is 9.62 Å². The van der Waals surface area contributed by atoms with E-state index in [1.54, 1.807) is 24.3 Å². The zero-order chi connectivity index (χ0) is 28.2. The highest BCUT2D eigenvalue weighted by atomic mass is 32.2.